The van der Waals surface area contributed by atoms with E-state index in [0.717, 1.165) is 25.3 Å². The molecule has 20 heavy (non-hydrogen) atoms. The molecule has 110 valence electrons. The number of aromatic hydroxyl groups is 1. The standard InChI is InChI=1S/C14H17F2NO2S/c1-17(10-4-3-5-12(10)20-2)14(19)13-9(16)6-8(15)7-11(13)18/h6-7,10,12,18H,3-5H2,1-2H3/t10-,12+/m1/s1. The zero-order valence-corrected chi connectivity index (χ0v) is 12.2. The van der Waals surface area contributed by atoms with E-state index in [2.05, 4.69) is 0 Å². The number of thioether (sulfide) groups is 1. The minimum atomic E-state index is -1.03. The molecule has 1 aliphatic rings. The molecule has 0 saturated heterocycles. The number of amides is 1. The maximum absolute atomic E-state index is 13.7. The molecule has 1 aliphatic carbocycles. The molecule has 2 rings (SSSR count). The van der Waals surface area contributed by atoms with E-state index in [1.165, 1.54) is 4.90 Å². The van der Waals surface area contributed by atoms with E-state index in [0.29, 0.717) is 11.3 Å². The Morgan fingerprint density at radius 3 is 2.70 bits per heavy atom. The maximum Gasteiger partial charge on any atom is 0.260 e. The fourth-order valence-corrected chi connectivity index (χ4v) is 3.76. The molecule has 0 bridgehead atoms. The lowest BCUT2D eigenvalue weighted by Gasteiger charge is -2.29. The number of benzene rings is 1. The largest absolute Gasteiger partial charge is 0.507 e. The van der Waals surface area contributed by atoms with Crippen molar-refractivity contribution in [1.29, 1.82) is 0 Å². The van der Waals surface area contributed by atoms with E-state index < -0.39 is 28.9 Å². The highest BCUT2D eigenvalue weighted by Gasteiger charge is 2.34. The first kappa shape index (κ1) is 15.1. The molecule has 0 aliphatic heterocycles. The number of hydrogen-bond acceptors (Lipinski definition) is 3. The van der Waals surface area contributed by atoms with E-state index in [4.69, 9.17) is 0 Å². The van der Waals surface area contributed by atoms with Gasteiger partial charge in [-0.15, -0.1) is 0 Å². The van der Waals surface area contributed by atoms with Crippen molar-refractivity contribution in [2.45, 2.75) is 30.6 Å². The van der Waals surface area contributed by atoms with Crippen LogP contribution in [0.15, 0.2) is 12.1 Å². The summed E-state index contributed by atoms with van der Waals surface area (Å²) < 4.78 is 26.7. The highest BCUT2D eigenvalue weighted by Crippen LogP contribution is 2.33. The van der Waals surface area contributed by atoms with Crippen LogP contribution >= 0.6 is 11.8 Å². The van der Waals surface area contributed by atoms with Gasteiger partial charge in [0.25, 0.3) is 5.91 Å². The summed E-state index contributed by atoms with van der Waals surface area (Å²) in [5, 5.41) is 9.94. The van der Waals surface area contributed by atoms with Gasteiger partial charge in [-0.2, -0.15) is 11.8 Å². The molecular weight excluding hydrogens is 284 g/mol. The lowest BCUT2D eigenvalue weighted by atomic mass is 10.1. The first-order valence-electron chi connectivity index (χ1n) is 6.43. The van der Waals surface area contributed by atoms with Gasteiger partial charge in [0.1, 0.15) is 22.9 Å². The second kappa shape index (κ2) is 5.99. The van der Waals surface area contributed by atoms with Crippen LogP contribution < -0.4 is 0 Å². The molecule has 1 aromatic carbocycles. The molecular formula is C14H17F2NO2S. The fourth-order valence-electron chi connectivity index (χ4n) is 2.72. The molecule has 1 amide bonds. The predicted molar refractivity (Wildman–Crippen MR) is 75.1 cm³/mol. The van der Waals surface area contributed by atoms with Gasteiger partial charge >= 0.3 is 0 Å². The van der Waals surface area contributed by atoms with Crippen LogP contribution in [0, 0.1) is 11.6 Å². The van der Waals surface area contributed by atoms with Crippen LogP contribution in [0.4, 0.5) is 8.78 Å². The molecule has 1 aromatic rings. The van der Waals surface area contributed by atoms with Crippen LogP contribution in [0.5, 0.6) is 5.75 Å². The number of rotatable bonds is 3. The summed E-state index contributed by atoms with van der Waals surface area (Å²) in [4.78, 5) is 13.8. The van der Waals surface area contributed by atoms with Gasteiger partial charge in [-0.3, -0.25) is 4.79 Å². The number of nitrogens with zero attached hydrogens (tertiary/aromatic N) is 1. The molecule has 3 nitrogen and oxygen atoms in total. The number of carbonyl (C=O) groups excluding carboxylic acids is 1. The first-order valence-corrected chi connectivity index (χ1v) is 7.72. The zero-order valence-electron chi connectivity index (χ0n) is 11.4. The number of halogens is 2. The second-order valence-corrected chi connectivity index (χ2v) is 6.05. The Kier molecular flexibility index (Phi) is 4.52. The van der Waals surface area contributed by atoms with Gasteiger partial charge in [-0.05, 0) is 19.1 Å². The van der Waals surface area contributed by atoms with Crippen molar-refractivity contribution < 1.29 is 18.7 Å². The summed E-state index contributed by atoms with van der Waals surface area (Å²) >= 11 is 1.68. The molecule has 6 heteroatoms. The Balaban J connectivity index is 2.27. The summed E-state index contributed by atoms with van der Waals surface area (Å²) in [7, 11) is 1.60. The lowest BCUT2D eigenvalue weighted by Crippen LogP contribution is -2.40. The third-order valence-corrected chi connectivity index (χ3v) is 4.94. The minimum absolute atomic E-state index is 0.0151. The van der Waals surface area contributed by atoms with Crippen molar-refractivity contribution in [3.05, 3.63) is 29.3 Å². The molecule has 0 aromatic heterocycles. The molecule has 2 atom stereocenters. The Morgan fingerprint density at radius 1 is 1.40 bits per heavy atom. The molecule has 0 unspecified atom stereocenters. The van der Waals surface area contributed by atoms with Gasteiger partial charge in [-0.1, -0.05) is 6.42 Å². The smallest absolute Gasteiger partial charge is 0.260 e. The summed E-state index contributed by atoms with van der Waals surface area (Å²) in [5.41, 5.74) is -0.458. The molecule has 1 N–H and O–H groups in total. The van der Waals surface area contributed by atoms with Crippen molar-refractivity contribution in [1.82, 2.24) is 4.90 Å². The van der Waals surface area contributed by atoms with Crippen molar-refractivity contribution in [2.24, 2.45) is 0 Å². The predicted octanol–water partition coefficient (Wildman–Crippen LogP) is 3.03. The normalized spacial score (nSPS) is 22.0. The highest BCUT2D eigenvalue weighted by atomic mass is 32.2. The number of hydrogen-bond donors (Lipinski definition) is 1. The van der Waals surface area contributed by atoms with Crippen LogP contribution in [0.2, 0.25) is 0 Å². The molecule has 1 fully saturated rings. The van der Waals surface area contributed by atoms with E-state index >= 15 is 0 Å². The number of phenols is 1. The number of carbonyl (C=O) groups is 1. The first-order chi connectivity index (χ1) is 9.45. The third kappa shape index (κ3) is 2.75. The Bertz CT molecular complexity index is 501. The van der Waals surface area contributed by atoms with Crippen molar-refractivity contribution in [3.63, 3.8) is 0 Å². The number of phenolic OH excluding ortho intramolecular Hbond substituents is 1. The quantitative estimate of drug-likeness (QED) is 0.933. The van der Waals surface area contributed by atoms with Gasteiger partial charge in [0, 0.05) is 30.5 Å². The average molecular weight is 301 g/mol. The van der Waals surface area contributed by atoms with E-state index in [9.17, 15) is 18.7 Å². The summed E-state index contributed by atoms with van der Waals surface area (Å²) in [5.74, 6) is -3.19. The average Bonchev–Trinajstić information content (AvgIpc) is 2.84. The van der Waals surface area contributed by atoms with Crippen molar-refractivity contribution in [2.75, 3.05) is 13.3 Å². The van der Waals surface area contributed by atoms with Gasteiger partial charge in [0.15, 0.2) is 0 Å². The fraction of sp³-hybridized carbons (Fsp3) is 0.500. The Labute approximate surface area is 121 Å². The Morgan fingerprint density at radius 2 is 2.10 bits per heavy atom. The topological polar surface area (TPSA) is 40.5 Å². The Hall–Kier alpha value is -1.30. The third-order valence-electron chi connectivity index (χ3n) is 3.79. The molecule has 0 spiro atoms. The van der Waals surface area contributed by atoms with Crippen LogP contribution in [-0.2, 0) is 0 Å². The molecule has 0 radical (unpaired) electrons. The SMILES string of the molecule is CS[C@H]1CCC[C@H]1N(C)C(=O)c1c(O)cc(F)cc1F. The summed E-state index contributed by atoms with van der Waals surface area (Å²) in [6.45, 7) is 0. The molecule has 0 heterocycles. The lowest BCUT2D eigenvalue weighted by molar-refractivity contribution is 0.0730. The van der Waals surface area contributed by atoms with Crippen LogP contribution in [0.3, 0.4) is 0 Å². The maximum atomic E-state index is 13.7. The van der Waals surface area contributed by atoms with Gasteiger partial charge < -0.3 is 10.0 Å². The monoisotopic (exact) mass is 301 g/mol. The van der Waals surface area contributed by atoms with Gasteiger partial charge in [0.05, 0.1) is 0 Å². The van der Waals surface area contributed by atoms with Crippen LogP contribution in [-0.4, -0.2) is 40.5 Å². The zero-order chi connectivity index (χ0) is 14.9. The van der Waals surface area contributed by atoms with Crippen molar-refractivity contribution in [3.8, 4) is 5.75 Å². The van der Waals surface area contributed by atoms with Gasteiger partial charge in [0.2, 0.25) is 0 Å². The minimum Gasteiger partial charge on any atom is -0.507 e. The van der Waals surface area contributed by atoms with E-state index in [1.54, 1.807) is 18.8 Å². The van der Waals surface area contributed by atoms with Crippen molar-refractivity contribution >= 4 is 17.7 Å². The van der Waals surface area contributed by atoms with E-state index in [1.807, 2.05) is 6.26 Å². The van der Waals surface area contributed by atoms with Crippen LogP contribution in [0.25, 0.3) is 0 Å². The second-order valence-electron chi connectivity index (χ2n) is 4.97. The summed E-state index contributed by atoms with van der Waals surface area (Å²) in [6, 6.07) is 1.38. The highest BCUT2D eigenvalue weighted by molar-refractivity contribution is 7.99. The summed E-state index contributed by atoms with van der Waals surface area (Å²) in [6.07, 6.45) is 4.88. The van der Waals surface area contributed by atoms with Crippen LogP contribution in [0.1, 0.15) is 29.6 Å². The van der Waals surface area contributed by atoms with Gasteiger partial charge in [-0.25, -0.2) is 8.78 Å². The van der Waals surface area contributed by atoms with E-state index in [-0.39, 0.29) is 6.04 Å². The molecule has 1 saturated carbocycles.